The van der Waals surface area contributed by atoms with Gasteiger partial charge in [-0.3, -0.25) is 0 Å². The molecule has 0 atom stereocenters. The summed E-state index contributed by atoms with van der Waals surface area (Å²) < 4.78 is 5.82. The first kappa shape index (κ1) is 12.7. The lowest BCUT2D eigenvalue weighted by atomic mass is 10.1. The molecule has 0 spiro atoms. The van der Waals surface area contributed by atoms with Crippen LogP contribution in [-0.2, 0) is 0 Å². The van der Waals surface area contributed by atoms with Crippen LogP contribution in [0.3, 0.4) is 0 Å². The van der Waals surface area contributed by atoms with Crippen molar-refractivity contribution in [1.82, 2.24) is 15.3 Å². The number of rotatable bonds is 3. The summed E-state index contributed by atoms with van der Waals surface area (Å²) in [5.41, 5.74) is 1.12. The molecular weight excluding hydrogens is 240 g/mol. The molecule has 0 unspecified atom stereocenters. The highest BCUT2D eigenvalue weighted by atomic mass is 16.5. The SMILES string of the molecule is c1nc(OC2CCNCC2)ncc1N1CCCCC1. The Bertz CT molecular complexity index is 383. The van der Waals surface area contributed by atoms with Gasteiger partial charge < -0.3 is 15.0 Å². The second kappa shape index (κ2) is 6.19. The van der Waals surface area contributed by atoms with Crippen LogP contribution in [0, 0.1) is 0 Å². The molecule has 2 aliphatic heterocycles. The number of ether oxygens (including phenoxy) is 1. The number of piperidine rings is 2. The Morgan fingerprint density at radius 3 is 2.42 bits per heavy atom. The van der Waals surface area contributed by atoms with Crippen LogP contribution in [0.1, 0.15) is 32.1 Å². The summed E-state index contributed by atoms with van der Waals surface area (Å²) in [5.74, 6) is 0. The second-order valence-corrected chi connectivity index (χ2v) is 5.34. The third kappa shape index (κ3) is 3.35. The summed E-state index contributed by atoms with van der Waals surface area (Å²) >= 11 is 0. The molecule has 5 nitrogen and oxygen atoms in total. The molecule has 0 bridgehead atoms. The van der Waals surface area contributed by atoms with Gasteiger partial charge in [-0.15, -0.1) is 0 Å². The molecule has 1 aromatic heterocycles. The largest absolute Gasteiger partial charge is 0.460 e. The zero-order valence-electron chi connectivity index (χ0n) is 11.3. The Balaban J connectivity index is 1.58. The number of aromatic nitrogens is 2. The Morgan fingerprint density at radius 1 is 1.05 bits per heavy atom. The number of hydrogen-bond donors (Lipinski definition) is 1. The maximum atomic E-state index is 5.82. The quantitative estimate of drug-likeness (QED) is 0.896. The fourth-order valence-corrected chi connectivity index (χ4v) is 2.75. The summed E-state index contributed by atoms with van der Waals surface area (Å²) in [6.45, 7) is 4.29. The number of nitrogens with zero attached hydrogens (tertiary/aromatic N) is 3. The lowest BCUT2D eigenvalue weighted by Crippen LogP contribution is -2.34. The van der Waals surface area contributed by atoms with Crippen molar-refractivity contribution in [2.45, 2.75) is 38.2 Å². The third-order valence-electron chi connectivity index (χ3n) is 3.89. The molecule has 0 amide bonds. The molecule has 3 rings (SSSR count). The minimum Gasteiger partial charge on any atom is -0.460 e. The molecule has 5 heteroatoms. The first-order valence-electron chi connectivity index (χ1n) is 7.36. The van der Waals surface area contributed by atoms with Gasteiger partial charge in [0.15, 0.2) is 0 Å². The van der Waals surface area contributed by atoms with E-state index in [1.807, 2.05) is 12.4 Å². The molecule has 1 N–H and O–H groups in total. The van der Waals surface area contributed by atoms with Gasteiger partial charge in [0.25, 0.3) is 0 Å². The molecule has 19 heavy (non-hydrogen) atoms. The van der Waals surface area contributed by atoms with E-state index in [4.69, 9.17) is 4.74 Å². The van der Waals surface area contributed by atoms with E-state index in [2.05, 4.69) is 20.2 Å². The van der Waals surface area contributed by atoms with E-state index in [9.17, 15) is 0 Å². The van der Waals surface area contributed by atoms with Gasteiger partial charge >= 0.3 is 6.01 Å². The predicted molar refractivity (Wildman–Crippen MR) is 74.6 cm³/mol. The van der Waals surface area contributed by atoms with Crippen LogP contribution in [0.2, 0.25) is 0 Å². The number of hydrogen-bond acceptors (Lipinski definition) is 5. The van der Waals surface area contributed by atoms with Crippen molar-refractivity contribution >= 4 is 5.69 Å². The zero-order valence-corrected chi connectivity index (χ0v) is 11.3. The van der Waals surface area contributed by atoms with Gasteiger partial charge in [-0.05, 0) is 45.2 Å². The molecule has 0 radical (unpaired) electrons. The van der Waals surface area contributed by atoms with Gasteiger partial charge in [0.1, 0.15) is 6.10 Å². The molecular formula is C14H22N4O. The highest BCUT2D eigenvalue weighted by molar-refractivity contribution is 5.42. The highest BCUT2D eigenvalue weighted by Crippen LogP contribution is 2.19. The lowest BCUT2D eigenvalue weighted by Gasteiger charge is -2.28. The van der Waals surface area contributed by atoms with E-state index in [1.54, 1.807) is 0 Å². The zero-order chi connectivity index (χ0) is 12.9. The average molecular weight is 262 g/mol. The van der Waals surface area contributed by atoms with E-state index >= 15 is 0 Å². The summed E-state index contributed by atoms with van der Waals surface area (Å²) in [6, 6.07) is 0.521. The van der Waals surface area contributed by atoms with E-state index in [0.29, 0.717) is 6.01 Å². The second-order valence-electron chi connectivity index (χ2n) is 5.34. The van der Waals surface area contributed by atoms with E-state index < -0.39 is 0 Å². The van der Waals surface area contributed by atoms with Gasteiger partial charge in [-0.25, -0.2) is 9.97 Å². The number of anilines is 1. The van der Waals surface area contributed by atoms with Crippen molar-refractivity contribution in [2.75, 3.05) is 31.1 Å². The lowest BCUT2D eigenvalue weighted by molar-refractivity contribution is 0.149. The van der Waals surface area contributed by atoms with Crippen LogP contribution in [0.5, 0.6) is 6.01 Å². The van der Waals surface area contributed by atoms with Crippen LogP contribution < -0.4 is 15.0 Å². The molecule has 0 aliphatic carbocycles. The molecule has 1 aromatic rings. The van der Waals surface area contributed by atoms with Gasteiger partial charge in [0.2, 0.25) is 0 Å². The predicted octanol–water partition coefficient (Wildman–Crippen LogP) is 1.60. The summed E-state index contributed by atoms with van der Waals surface area (Å²) in [7, 11) is 0. The van der Waals surface area contributed by atoms with E-state index in [1.165, 1.54) is 19.3 Å². The van der Waals surface area contributed by atoms with Gasteiger partial charge in [-0.1, -0.05) is 0 Å². The maximum absolute atomic E-state index is 5.82. The normalized spacial score (nSPS) is 21.4. The average Bonchev–Trinajstić information content (AvgIpc) is 2.50. The molecule has 2 aliphatic rings. The molecule has 2 saturated heterocycles. The van der Waals surface area contributed by atoms with Crippen LogP contribution in [0.4, 0.5) is 5.69 Å². The molecule has 0 saturated carbocycles. The Labute approximate surface area is 114 Å². The van der Waals surface area contributed by atoms with Crippen molar-refractivity contribution < 1.29 is 4.74 Å². The van der Waals surface area contributed by atoms with E-state index in [0.717, 1.165) is 44.7 Å². The highest BCUT2D eigenvalue weighted by Gasteiger charge is 2.16. The topological polar surface area (TPSA) is 50.3 Å². The third-order valence-corrected chi connectivity index (χ3v) is 3.89. The standard InChI is InChI=1S/C14H22N4O/c1-2-8-18(9-3-1)12-10-16-14(17-11-12)19-13-4-6-15-7-5-13/h10-11,13,15H,1-9H2. The van der Waals surface area contributed by atoms with Crippen LogP contribution in [0.15, 0.2) is 12.4 Å². The van der Waals surface area contributed by atoms with Crippen LogP contribution >= 0.6 is 0 Å². The molecule has 3 heterocycles. The van der Waals surface area contributed by atoms with Crippen LogP contribution in [0.25, 0.3) is 0 Å². The van der Waals surface area contributed by atoms with Crippen molar-refractivity contribution in [1.29, 1.82) is 0 Å². The molecule has 2 fully saturated rings. The molecule has 0 aromatic carbocycles. The Kier molecular flexibility index (Phi) is 4.13. The number of nitrogens with one attached hydrogen (secondary N) is 1. The van der Waals surface area contributed by atoms with E-state index in [-0.39, 0.29) is 6.10 Å². The molecule has 104 valence electrons. The Morgan fingerprint density at radius 2 is 1.74 bits per heavy atom. The Hall–Kier alpha value is -1.36. The maximum Gasteiger partial charge on any atom is 0.316 e. The summed E-state index contributed by atoms with van der Waals surface area (Å²) in [4.78, 5) is 11.1. The van der Waals surface area contributed by atoms with Crippen molar-refractivity contribution in [3.05, 3.63) is 12.4 Å². The fraction of sp³-hybridized carbons (Fsp3) is 0.714. The van der Waals surface area contributed by atoms with Gasteiger partial charge in [0, 0.05) is 13.1 Å². The van der Waals surface area contributed by atoms with Crippen molar-refractivity contribution in [3.63, 3.8) is 0 Å². The van der Waals surface area contributed by atoms with Gasteiger partial charge in [-0.2, -0.15) is 0 Å². The summed E-state index contributed by atoms with van der Waals surface area (Å²) in [5, 5.41) is 3.33. The fourth-order valence-electron chi connectivity index (χ4n) is 2.75. The minimum absolute atomic E-state index is 0.266. The summed E-state index contributed by atoms with van der Waals surface area (Å²) in [6.07, 6.45) is 10.0. The smallest absolute Gasteiger partial charge is 0.316 e. The van der Waals surface area contributed by atoms with Gasteiger partial charge in [0.05, 0.1) is 18.1 Å². The van der Waals surface area contributed by atoms with Crippen molar-refractivity contribution in [3.8, 4) is 6.01 Å². The van der Waals surface area contributed by atoms with Crippen LogP contribution in [-0.4, -0.2) is 42.3 Å². The monoisotopic (exact) mass is 262 g/mol. The van der Waals surface area contributed by atoms with Crippen molar-refractivity contribution in [2.24, 2.45) is 0 Å². The first-order chi connectivity index (χ1) is 9.42. The first-order valence-corrected chi connectivity index (χ1v) is 7.36. The minimum atomic E-state index is 0.266.